The molecule has 1 unspecified atom stereocenters. The summed E-state index contributed by atoms with van der Waals surface area (Å²) in [5.74, 6) is 2.17. The van der Waals surface area contributed by atoms with E-state index < -0.39 is 15.2 Å². The average Bonchev–Trinajstić information content (AvgIpc) is 2.38. The number of nitrogens with zero attached hydrogens (tertiary/aromatic N) is 3. The van der Waals surface area contributed by atoms with Crippen LogP contribution < -0.4 is 9.64 Å². The van der Waals surface area contributed by atoms with Gasteiger partial charge in [-0.2, -0.15) is 16.7 Å². The second-order valence-corrected chi connectivity index (χ2v) is 8.29. The minimum Gasteiger partial charge on any atom is -0.480 e. The molecular weight excluding hydrogens is 354 g/mol. The molecular formula is C10H14BrN3O3S2. The van der Waals surface area contributed by atoms with E-state index in [0.717, 1.165) is 5.75 Å². The van der Waals surface area contributed by atoms with Crippen molar-refractivity contribution in [1.29, 1.82) is 0 Å². The van der Waals surface area contributed by atoms with Crippen LogP contribution in [0.2, 0.25) is 0 Å². The summed E-state index contributed by atoms with van der Waals surface area (Å²) in [6.07, 6.45) is 2.81. The van der Waals surface area contributed by atoms with E-state index in [4.69, 9.17) is 4.74 Å². The molecule has 0 amide bonds. The first kappa shape index (κ1) is 14.9. The highest BCUT2D eigenvalue weighted by Gasteiger charge is 2.33. The lowest BCUT2D eigenvalue weighted by Crippen LogP contribution is -2.47. The summed E-state index contributed by atoms with van der Waals surface area (Å²) in [5.41, 5.74) is 0. The highest BCUT2D eigenvalue weighted by molar-refractivity contribution is 9.10. The van der Waals surface area contributed by atoms with Crippen LogP contribution in [-0.2, 0) is 9.84 Å². The Balaban J connectivity index is 2.38. The molecule has 19 heavy (non-hydrogen) atoms. The van der Waals surface area contributed by atoms with E-state index in [1.165, 1.54) is 13.4 Å². The average molecular weight is 368 g/mol. The molecule has 1 aliphatic heterocycles. The summed E-state index contributed by atoms with van der Waals surface area (Å²) < 4.78 is 29.4. The molecule has 1 aliphatic rings. The molecule has 9 heteroatoms. The first-order chi connectivity index (χ1) is 8.93. The number of sulfone groups is 1. The fraction of sp³-hybridized carbons (Fsp3) is 0.600. The quantitative estimate of drug-likeness (QED) is 0.793. The molecule has 0 saturated carbocycles. The minimum atomic E-state index is -3.18. The fourth-order valence-electron chi connectivity index (χ4n) is 1.79. The van der Waals surface area contributed by atoms with Crippen molar-refractivity contribution in [2.75, 3.05) is 36.3 Å². The lowest BCUT2D eigenvalue weighted by Gasteiger charge is -2.34. The number of aromatic nitrogens is 2. The van der Waals surface area contributed by atoms with Gasteiger partial charge in [-0.1, -0.05) is 0 Å². The third-order valence-electron chi connectivity index (χ3n) is 2.73. The van der Waals surface area contributed by atoms with E-state index in [1.807, 2.05) is 0 Å². The molecule has 1 aromatic heterocycles. The second-order valence-electron chi connectivity index (χ2n) is 4.08. The van der Waals surface area contributed by atoms with Gasteiger partial charge < -0.3 is 9.64 Å². The van der Waals surface area contributed by atoms with Crippen LogP contribution in [0, 0.1) is 0 Å². The smallest absolute Gasteiger partial charge is 0.232 e. The van der Waals surface area contributed by atoms with Crippen LogP contribution in [0.15, 0.2) is 10.7 Å². The van der Waals surface area contributed by atoms with Crippen LogP contribution in [-0.4, -0.2) is 55.2 Å². The van der Waals surface area contributed by atoms with Crippen molar-refractivity contribution < 1.29 is 13.2 Å². The minimum absolute atomic E-state index is 0.385. The van der Waals surface area contributed by atoms with Gasteiger partial charge >= 0.3 is 0 Å². The lowest BCUT2D eigenvalue weighted by molar-refractivity contribution is 0.393. The molecule has 1 saturated heterocycles. The number of anilines is 1. The van der Waals surface area contributed by atoms with Gasteiger partial charge in [0.1, 0.15) is 5.37 Å². The molecule has 1 atom stereocenters. The third-order valence-corrected chi connectivity index (χ3v) is 5.92. The molecule has 0 spiro atoms. The predicted octanol–water partition coefficient (Wildman–Crippen LogP) is 1.17. The topological polar surface area (TPSA) is 72.4 Å². The Kier molecular flexibility index (Phi) is 4.57. The largest absolute Gasteiger partial charge is 0.480 e. The maximum Gasteiger partial charge on any atom is 0.232 e. The molecule has 1 fully saturated rings. The second kappa shape index (κ2) is 5.84. The molecule has 106 valence electrons. The Labute approximate surface area is 125 Å². The van der Waals surface area contributed by atoms with E-state index in [9.17, 15) is 8.42 Å². The Morgan fingerprint density at radius 3 is 2.95 bits per heavy atom. The SMILES string of the molecule is COc1nc(N2CCSCC2S(C)(=O)=O)ncc1Br. The molecule has 0 aliphatic carbocycles. The van der Waals surface area contributed by atoms with Gasteiger partial charge in [0.15, 0.2) is 9.84 Å². The van der Waals surface area contributed by atoms with Crippen molar-refractivity contribution in [1.82, 2.24) is 9.97 Å². The number of hydrogen-bond acceptors (Lipinski definition) is 7. The van der Waals surface area contributed by atoms with E-state index in [2.05, 4.69) is 25.9 Å². The lowest BCUT2D eigenvalue weighted by atomic mass is 10.5. The van der Waals surface area contributed by atoms with Crippen LogP contribution in [0.5, 0.6) is 5.88 Å². The monoisotopic (exact) mass is 367 g/mol. The molecule has 1 aromatic rings. The van der Waals surface area contributed by atoms with Crippen molar-refractivity contribution in [2.45, 2.75) is 5.37 Å². The van der Waals surface area contributed by atoms with Gasteiger partial charge in [0.2, 0.25) is 11.8 Å². The summed E-state index contributed by atoms with van der Waals surface area (Å²) in [7, 11) is -1.67. The molecule has 0 bridgehead atoms. The fourth-order valence-corrected chi connectivity index (χ4v) is 4.96. The molecule has 0 aromatic carbocycles. The van der Waals surface area contributed by atoms with Gasteiger partial charge in [-0.05, 0) is 15.9 Å². The van der Waals surface area contributed by atoms with E-state index in [0.29, 0.717) is 28.6 Å². The van der Waals surface area contributed by atoms with Gasteiger partial charge in [0, 0.05) is 24.3 Å². The third kappa shape index (κ3) is 3.32. The number of ether oxygens (including phenoxy) is 1. The number of hydrogen-bond donors (Lipinski definition) is 0. The number of thioether (sulfide) groups is 1. The van der Waals surface area contributed by atoms with Crippen LogP contribution in [0.4, 0.5) is 5.95 Å². The van der Waals surface area contributed by atoms with Gasteiger partial charge in [0.25, 0.3) is 0 Å². The predicted molar refractivity (Wildman–Crippen MR) is 79.6 cm³/mol. The van der Waals surface area contributed by atoms with Crippen LogP contribution in [0.1, 0.15) is 0 Å². The van der Waals surface area contributed by atoms with E-state index >= 15 is 0 Å². The number of methoxy groups -OCH3 is 1. The summed E-state index contributed by atoms with van der Waals surface area (Å²) in [6.45, 7) is 0.604. The normalized spacial score (nSPS) is 20.4. The van der Waals surface area contributed by atoms with E-state index in [-0.39, 0.29) is 0 Å². The molecule has 2 heterocycles. The Morgan fingerprint density at radius 1 is 1.58 bits per heavy atom. The highest BCUT2D eigenvalue weighted by atomic mass is 79.9. The highest BCUT2D eigenvalue weighted by Crippen LogP contribution is 2.28. The molecule has 0 radical (unpaired) electrons. The molecule has 6 nitrogen and oxygen atoms in total. The van der Waals surface area contributed by atoms with E-state index in [1.54, 1.807) is 22.9 Å². The number of rotatable bonds is 3. The van der Waals surface area contributed by atoms with Crippen LogP contribution >= 0.6 is 27.7 Å². The number of halogens is 1. The summed E-state index contributed by atoms with van der Waals surface area (Å²) in [4.78, 5) is 10.2. The summed E-state index contributed by atoms with van der Waals surface area (Å²) >= 11 is 4.90. The Morgan fingerprint density at radius 2 is 2.32 bits per heavy atom. The van der Waals surface area contributed by atoms with Crippen molar-refractivity contribution >= 4 is 43.5 Å². The molecule has 2 rings (SSSR count). The van der Waals surface area contributed by atoms with Crippen LogP contribution in [0.3, 0.4) is 0 Å². The molecule has 0 N–H and O–H groups in total. The Bertz CT molecular complexity index is 567. The van der Waals surface area contributed by atoms with Gasteiger partial charge in [0.05, 0.1) is 17.8 Å². The first-order valence-electron chi connectivity index (χ1n) is 5.53. The zero-order valence-electron chi connectivity index (χ0n) is 10.5. The van der Waals surface area contributed by atoms with Gasteiger partial charge in [-0.3, -0.25) is 0 Å². The summed E-state index contributed by atoms with van der Waals surface area (Å²) in [5, 5.41) is -0.586. The summed E-state index contributed by atoms with van der Waals surface area (Å²) in [6, 6.07) is 0. The van der Waals surface area contributed by atoms with Crippen molar-refractivity contribution in [3.8, 4) is 5.88 Å². The maximum atomic E-state index is 11.8. The Hall–Kier alpha value is -0.540. The van der Waals surface area contributed by atoms with Gasteiger partial charge in [-0.25, -0.2) is 13.4 Å². The van der Waals surface area contributed by atoms with Crippen LogP contribution in [0.25, 0.3) is 0 Å². The van der Waals surface area contributed by atoms with Crippen molar-refractivity contribution in [3.05, 3.63) is 10.7 Å². The van der Waals surface area contributed by atoms with Gasteiger partial charge in [-0.15, -0.1) is 0 Å². The zero-order chi connectivity index (χ0) is 14.0. The van der Waals surface area contributed by atoms with Crippen molar-refractivity contribution in [3.63, 3.8) is 0 Å². The maximum absolute atomic E-state index is 11.8. The first-order valence-corrected chi connectivity index (χ1v) is 9.43. The standard InChI is InChI=1S/C10H14BrN3O3S2/c1-17-9-7(11)5-12-10(13-9)14-3-4-18-6-8(14)19(2,15)16/h5,8H,3-4,6H2,1-2H3. The zero-order valence-corrected chi connectivity index (χ0v) is 13.8. The van der Waals surface area contributed by atoms with Crippen molar-refractivity contribution in [2.24, 2.45) is 0 Å².